The standard InChI is InChI=1S/C31H42O15/c1-41-21-6-14(3-4-19(21)35)24-17-8-20(36)22(42-2)7-15(17)5-16(9-32)18(24)11-43-29-27(26(38)25(37)23(10-33)45-29)46-30-28(39)31(40,12-34)13-44-30/h3-4,6-8,16,18,23-30,32-40H,5,9-13H2,1-2H3/t16-,18-,23-,24-,25-,26+,27-,28-,29-,30+,31-/m1/s1. The molecule has 2 aromatic carbocycles. The van der Waals surface area contributed by atoms with Crippen LogP contribution in [0, 0.1) is 11.8 Å². The van der Waals surface area contributed by atoms with Crippen LogP contribution in [0.3, 0.4) is 0 Å². The number of aromatic hydroxyl groups is 2. The highest BCUT2D eigenvalue weighted by Gasteiger charge is 2.53. The van der Waals surface area contributed by atoms with Gasteiger partial charge in [0.15, 0.2) is 35.6 Å². The van der Waals surface area contributed by atoms with Crippen LogP contribution in [-0.4, -0.2) is 142 Å². The van der Waals surface area contributed by atoms with Gasteiger partial charge in [0, 0.05) is 12.5 Å². The Balaban J connectivity index is 1.49. The van der Waals surface area contributed by atoms with Gasteiger partial charge in [0.05, 0.1) is 40.6 Å². The Morgan fingerprint density at radius 1 is 0.891 bits per heavy atom. The zero-order valence-electron chi connectivity index (χ0n) is 25.4. The van der Waals surface area contributed by atoms with Crippen LogP contribution in [0.4, 0.5) is 0 Å². The number of benzene rings is 2. The van der Waals surface area contributed by atoms with E-state index >= 15 is 0 Å². The normalized spacial score (nSPS) is 35.9. The maximum absolute atomic E-state index is 11.0. The van der Waals surface area contributed by atoms with Crippen LogP contribution in [-0.2, 0) is 25.4 Å². The summed E-state index contributed by atoms with van der Waals surface area (Å²) in [7, 11) is 2.84. The fourth-order valence-corrected chi connectivity index (χ4v) is 6.54. The molecular weight excluding hydrogens is 612 g/mol. The lowest BCUT2D eigenvalue weighted by atomic mass is 9.67. The minimum atomic E-state index is -2.02. The first-order chi connectivity index (χ1) is 22.0. The molecule has 9 N–H and O–H groups in total. The third-order valence-corrected chi connectivity index (χ3v) is 9.24. The van der Waals surface area contributed by atoms with Gasteiger partial charge in [-0.05, 0) is 59.2 Å². The predicted molar refractivity (Wildman–Crippen MR) is 155 cm³/mol. The molecular formula is C31H42O15. The highest BCUT2D eigenvalue weighted by atomic mass is 16.8. The Hall–Kier alpha value is -2.80. The van der Waals surface area contributed by atoms with Crippen molar-refractivity contribution in [1.82, 2.24) is 0 Å². The Kier molecular flexibility index (Phi) is 10.6. The molecule has 2 aromatic rings. The van der Waals surface area contributed by atoms with Crippen molar-refractivity contribution in [3.8, 4) is 23.0 Å². The summed E-state index contributed by atoms with van der Waals surface area (Å²) in [4.78, 5) is 0. The predicted octanol–water partition coefficient (Wildman–Crippen LogP) is -1.69. The van der Waals surface area contributed by atoms with Gasteiger partial charge >= 0.3 is 0 Å². The summed E-state index contributed by atoms with van der Waals surface area (Å²) in [5.74, 6) is -1.22. The molecule has 0 saturated carbocycles. The third-order valence-electron chi connectivity index (χ3n) is 9.24. The molecule has 0 bridgehead atoms. The van der Waals surface area contributed by atoms with E-state index in [1.807, 2.05) is 0 Å². The van der Waals surface area contributed by atoms with E-state index in [9.17, 15) is 46.0 Å². The van der Waals surface area contributed by atoms with Crippen LogP contribution in [0.5, 0.6) is 23.0 Å². The van der Waals surface area contributed by atoms with E-state index in [1.54, 1.807) is 24.3 Å². The smallest absolute Gasteiger partial charge is 0.187 e. The van der Waals surface area contributed by atoms with Crippen LogP contribution in [0.1, 0.15) is 22.6 Å². The lowest BCUT2D eigenvalue weighted by Crippen LogP contribution is -2.61. The molecule has 2 saturated heterocycles. The lowest BCUT2D eigenvalue weighted by molar-refractivity contribution is -0.338. The fraction of sp³-hybridized carbons (Fsp3) is 0.613. The molecule has 0 radical (unpaired) electrons. The maximum Gasteiger partial charge on any atom is 0.187 e. The second-order valence-corrected chi connectivity index (χ2v) is 12.0. The van der Waals surface area contributed by atoms with Crippen LogP contribution in [0.25, 0.3) is 0 Å². The molecule has 11 atom stereocenters. The summed E-state index contributed by atoms with van der Waals surface area (Å²) in [5, 5.41) is 93.4. The summed E-state index contributed by atoms with van der Waals surface area (Å²) in [5.41, 5.74) is 0.152. The fourth-order valence-electron chi connectivity index (χ4n) is 6.54. The SMILES string of the molecule is COc1cc([C@@H]2c3cc(O)c(OC)cc3C[C@H](CO)[C@H]2CO[C@@H]2O[C@H](CO)[C@@H](O)[C@H](O)[C@H]2O[C@@H]2OC[C@](O)(CO)[C@@H]2O)ccc1O. The topological polar surface area (TPSA) is 237 Å². The first kappa shape index (κ1) is 34.5. The molecule has 3 aliphatic rings. The van der Waals surface area contributed by atoms with E-state index < -0.39 is 86.3 Å². The number of fused-ring (bicyclic) bond motifs is 1. The molecule has 5 rings (SSSR count). The molecule has 15 heteroatoms. The average molecular weight is 655 g/mol. The maximum atomic E-state index is 11.0. The molecule has 1 aliphatic carbocycles. The zero-order valence-corrected chi connectivity index (χ0v) is 25.4. The van der Waals surface area contributed by atoms with Gasteiger partial charge < -0.3 is 74.4 Å². The van der Waals surface area contributed by atoms with Gasteiger partial charge in [-0.15, -0.1) is 0 Å². The zero-order chi connectivity index (χ0) is 33.3. The van der Waals surface area contributed by atoms with Crippen molar-refractivity contribution in [2.75, 3.05) is 47.3 Å². The van der Waals surface area contributed by atoms with Gasteiger partial charge in [0.25, 0.3) is 0 Å². The van der Waals surface area contributed by atoms with E-state index in [0.717, 1.165) is 5.56 Å². The van der Waals surface area contributed by atoms with Crippen molar-refractivity contribution in [2.24, 2.45) is 11.8 Å². The van der Waals surface area contributed by atoms with E-state index in [2.05, 4.69) is 0 Å². The summed E-state index contributed by atoms with van der Waals surface area (Å²) >= 11 is 0. The highest BCUT2D eigenvalue weighted by molar-refractivity contribution is 5.53. The van der Waals surface area contributed by atoms with Crippen LogP contribution in [0.2, 0.25) is 0 Å². The molecule has 2 heterocycles. The Morgan fingerprint density at radius 3 is 2.24 bits per heavy atom. The van der Waals surface area contributed by atoms with Gasteiger partial charge in [-0.25, -0.2) is 0 Å². The molecule has 0 spiro atoms. The van der Waals surface area contributed by atoms with Gasteiger partial charge in [0.1, 0.15) is 36.1 Å². The number of phenols is 2. The number of aliphatic hydroxyl groups excluding tert-OH is 6. The number of ether oxygens (including phenoxy) is 6. The van der Waals surface area contributed by atoms with Gasteiger partial charge in [0.2, 0.25) is 0 Å². The van der Waals surface area contributed by atoms with Gasteiger partial charge in [-0.2, -0.15) is 0 Å². The summed E-state index contributed by atoms with van der Waals surface area (Å²) in [6.45, 7) is -2.39. The van der Waals surface area contributed by atoms with Crippen LogP contribution >= 0.6 is 0 Å². The summed E-state index contributed by atoms with van der Waals surface area (Å²) in [6.07, 6.45) is -10.4. The molecule has 15 nitrogen and oxygen atoms in total. The second kappa shape index (κ2) is 14.1. The van der Waals surface area contributed by atoms with Crippen LogP contribution in [0.15, 0.2) is 30.3 Å². The van der Waals surface area contributed by atoms with Crippen molar-refractivity contribution >= 4 is 0 Å². The van der Waals surface area contributed by atoms with Crippen molar-refractivity contribution < 1.29 is 74.4 Å². The first-order valence-electron chi connectivity index (χ1n) is 14.9. The molecule has 2 aliphatic heterocycles. The Bertz CT molecular complexity index is 1340. The van der Waals surface area contributed by atoms with Crippen LogP contribution < -0.4 is 9.47 Å². The van der Waals surface area contributed by atoms with Gasteiger partial charge in [-0.3, -0.25) is 0 Å². The minimum Gasteiger partial charge on any atom is -0.504 e. The number of hydrogen-bond acceptors (Lipinski definition) is 15. The van der Waals surface area contributed by atoms with E-state index in [1.165, 1.54) is 20.3 Å². The number of aliphatic hydroxyl groups is 7. The quantitative estimate of drug-likeness (QED) is 0.131. The molecule has 2 fully saturated rings. The second-order valence-electron chi connectivity index (χ2n) is 12.0. The highest BCUT2D eigenvalue weighted by Crippen LogP contribution is 2.48. The lowest BCUT2D eigenvalue weighted by Gasteiger charge is -2.44. The first-order valence-corrected chi connectivity index (χ1v) is 14.9. The molecule has 46 heavy (non-hydrogen) atoms. The molecule has 0 unspecified atom stereocenters. The van der Waals surface area contributed by atoms with E-state index in [4.69, 9.17) is 28.4 Å². The van der Waals surface area contributed by atoms with Crippen molar-refractivity contribution in [2.45, 2.75) is 61.0 Å². The Morgan fingerprint density at radius 2 is 1.61 bits per heavy atom. The van der Waals surface area contributed by atoms with Crippen molar-refractivity contribution in [3.05, 3.63) is 47.0 Å². The summed E-state index contributed by atoms with van der Waals surface area (Å²) in [6, 6.07) is 8.07. The monoisotopic (exact) mass is 654 g/mol. The number of hydrogen-bond donors (Lipinski definition) is 9. The molecule has 256 valence electrons. The molecule has 0 amide bonds. The number of rotatable bonds is 11. The average Bonchev–Trinajstić information content (AvgIpc) is 3.35. The third kappa shape index (κ3) is 6.37. The van der Waals surface area contributed by atoms with Crippen molar-refractivity contribution in [3.63, 3.8) is 0 Å². The number of methoxy groups -OCH3 is 2. The van der Waals surface area contributed by atoms with E-state index in [-0.39, 0.29) is 36.2 Å². The summed E-state index contributed by atoms with van der Waals surface area (Å²) < 4.78 is 33.8. The van der Waals surface area contributed by atoms with Crippen molar-refractivity contribution in [1.29, 1.82) is 0 Å². The minimum absolute atomic E-state index is 0.0889. The van der Waals surface area contributed by atoms with Gasteiger partial charge in [-0.1, -0.05) is 6.07 Å². The number of phenolic OH excluding ortho intramolecular Hbond substituents is 2. The van der Waals surface area contributed by atoms with E-state index in [0.29, 0.717) is 17.5 Å². The largest absolute Gasteiger partial charge is 0.504 e. The molecule has 0 aromatic heterocycles. The Labute approximate surface area is 264 Å².